The Labute approximate surface area is 156 Å². The van der Waals surface area contributed by atoms with Crippen LogP contribution >= 0.6 is 0 Å². The molecule has 4 nitrogen and oxygen atoms in total. The zero-order valence-corrected chi connectivity index (χ0v) is 15.8. The maximum atomic E-state index is 12.9. The second kappa shape index (κ2) is 9.76. The molecule has 0 spiro atoms. The van der Waals surface area contributed by atoms with Gasteiger partial charge < -0.3 is 10.2 Å². The van der Waals surface area contributed by atoms with Crippen LogP contribution in [0, 0.1) is 0 Å². The number of hydrogen-bond acceptors (Lipinski definition) is 2. The molecule has 138 valence electrons. The minimum Gasteiger partial charge on any atom is -0.352 e. The fourth-order valence-electron chi connectivity index (χ4n) is 2.81. The number of benzene rings is 2. The van der Waals surface area contributed by atoms with E-state index in [1.54, 1.807) is 11.8 Å². The van der Waals surface area contributed by atoms with Gasteiger partial charge in [-0.3, -0.25) is 9.59 Å². The van der Waals surface area contributed by atoms with Crippen molar-refractivity contribution in [1.29, 1.82) is 0 Å². The molecule has 0 aliphatic rings. The number of carbonyl (C=O) groups is 2. The van der Waals surface area contributed by atoms with Crippen LogP contribution in [0.4, 0.5) is 0 Å². The van der Waals surface area contributed by atoms with Crippen molar-refractivity contribution in [3.05, 3.63) is 71.8 Å². The van der Waals surface area contributed by atoms with Gasteiger partial charge >= 0.3 is 0 Å². The zero-order valence-electron chi connectivity index (χ0n) is 15.8. The summed E-state index contributed by atoms with van der Waals surface area (Å²) in [7, 11) is 0. The molecular weight excluding hydrogens is 324 g/mol. The number of aryl methyl sites for hydroxylation is 1. The van der Waals surface area contributed by atoms with E-state index in [1.807, 2.05) is 74.5 Å². The number of nitrogens with zero attached hydrogens (tertiary/aromatic N) is 1. The Morgan fingerprint density at radius 3 is 1.96 bits per heavy atom. The molecule has 0 saturated carbocycles. The van der Waals surface area contributed by atoms with Crippen LogP contribution in [0.2, 0.25) is 0 Å². The number of nitrogens with one attached hydrogen (secondary N) is 1. The molecule has 1 N–H and O–H groups in total. The normalized spacial score (nSPS) is 11.8. The van der Waals surface area contributed by atoms with Gasteiger partial charge in [0.2, 0.25) is 11.8 Å². The highest BCUT2D eigenvalue weighted by Gasteiger charge is 2.26. The van der Waals surface area contributed by atoms with Crippen LogP contribution in [-0.4, -0.2) is 28.8 Å². The lowest BCUT2D eigenvalue weighted by Crippen LogP contribution is -2.49. The van der Waals surface area contributed by atoms with E-state index in [4.69, 9.17) is 0 Å². The average Bonchev–Trinajstić information content (AvgIpc) is 2.64. The Bertz CT molecular complexity index is 699. The van der Waals surface area contributed by atoms with Crippen molar-refractivity contribution >= 4 is 11.8 Å². The molecule has 0 aliphatic carbocycles. The van der Waals surface area contributed by atoms with E-state index in [1.165, 1.54) is 0 Å². The van der Waals surface area contributed by atoms with Crippen molar-refractivity contribution in [2.24, 2.45) is 0 Å². The molecule has 0 aromatic heterocycles. The number of hydrogen-bond donors (Lipinski definition) is 1. The molecule has 0 aliphatic heterocycles. The van der Waals surface area contributed by atoms with Crippen LogP contribution in [0.3, 0.4) is 0 Å². The Hall–Kier alpha value is -2.62. The maximum Gasteiger partial charge on any atom is 0.242 e. The Balaban J connectivity index is 2.10. The van der Waals surface area contributed by atoms with Crippen molar-refractivity contribution < 1.29 is 9.59 Å². The van der Waals surface area contributed by atoms with E-state index in [-0.39, 0.29) is 17.9 Å². The summed E-state index contributed by atoms with van der Waals surface area (Å²) >= 11 is 0. The monoisotopic (exact) mass is 352 g/mol. The summed E-state index contributed by atoms with van der Waals surface area (Å²) in [6, 6.07) is 19.3. The van der Waals surface area contributed by atoms with E-state index in [2.05, 4.69) is 5.32 Å². The van der Waals surface area contributed by atoms with Gasteiger partial charge in [0.25, 0.3) is 0 Å². The van der Waals surface area contributed by atoms with Gasteiger partial charge in [-0.05, 0) is 38.3 Å². The standard InChI is InChI=1S/C22H28N2O2/c1-17(2)23-22(26)18(3)24(16-20-12-8-5-9-13-20)21(25)15-14-19-10-6-4-7-11-19/h4-13,17-18H,14-16H2,1-3H3,(H,23,26)/t18-/m1/s1. The van der Waals surface area contributed by atoms with Crippen LogP contribution in [0.15, 0.2) is 60.7 Å². The van der Waals surface area contributed by atoms with Gasteiger partial charge in [-0.2, -0.15) is 0 Å². The van der Waals surface area contributed by atoms with E-state index in [0.29, 0.717) is 19.4 Å². The van der Waals surface area contributed by atoms with Crippen LogP contribution in [0.25, 0.3) is 0 Å². The van der Waals surface area contributed by atoms with E-state index < -0.39 is 6.04 Å². The maximum absolute atomic E-state index is 12.9. The van der Waals surface area contributed by atoms with Crippen LogP contribution in [0.1, 0.15) is 38.3 Å². The molecule has 2 rings (SSSR count). The minimum atomic E-state index is -0.513. The molecule has 1 atom stereocenters. The van der Waals surface area contributed by atoms with Gasteiger partial charge in [-0.25, -0.2) is 0 Å². The summed E-state index contributed by atoms with van der Waals surface area (Å²) in [6.07, 6.45) is 1.06. The number of rotatable bonds is 8. The Morgan fingerprint density at radius 1 is 0.885 bits per heavy atom. The van der Waals surface area contributed by atoms with E-state index in [9.17, 15) is 9.59 Å². The predicted molar refractivity (Wildman–Crippen MR) is 104 cm³/mol. The lowest BCUT2D eigenvalue weighted by atomic mass is 10.1. The molecule has 2 aromatic rings. The van der Waals surface area contributed by atoms with Crippen molar-refractivity contribution in [1.82, 2.24) is 10.2 Å². The third-order valence-electron chi connectivity index (χ3n) is 4.26. The molecule has 0 fully saturated rings. The van der Waals surface area contributed by atoms with E-state index in [0.717, 1.165) is 11.1 Å². The smallest absolute Gasteiger partial charge is 0.242 e. The van der Waals surface area contributed by atoms with Gasteiger partial charge in [-0.1, -0.05) is 60.7 Å². The molecule has 0 saturated heterocycles. The molecule has 2 amide bonds. The van der Waals surface area contributed by atoms with Crippen molar-refractivity contribution in [2.45, 2.75) is 52.2 Å². The summed E-state index contributed by atoms with van der Waals surface area (Å²) < 4.78 is 0. The summed E-state index contributed by atoms with van der Waals surface area (Å²) in [5, 5.41) is 2.90. The quantitative estimate of drug-likeness (QED) is 0.790. The number of carbonyl (C=O) groups excluding carboxylic acids is 2. The molecule has 0 bridgehead atoms. The fraction of sp³-hybridized carbons (Fsp3) is 0.364. The SMILES string of the molecule is CC(C)NC(=O)[C@@H](C)N(Cc1ccccc1)C(=O)CCc1ccccc1. The largest absolute Gasteiger partial charge is 0.352 e. The van der Waals surface area contributed by atoms with Crippen LogP contribution in [-0.2, 0) is 22.6 Å². The average molecular weight is 352 g/mol. The van der Waals surface area contributed by atoms with Gasteiger partial charge in [-0.15, -0.1) is 0 Å². The van der Waals surface area contributed by atoms with Crippen LogP contribution < -0.4 is 5.32 Å². The summed E-state index contributed by atoms with van der Waals surface area (Å²) in [6.45, 7) is 6.06. The lowest BCUT2D eigenvalue weighted by Gasteiger charge is -2.29. The van der Waals surface area contributed by atoms with Gasteiger partial charge in [0.15, 0.2) is 0 Å². The first-order chi connectivity index (χ1) is 12.5. The first-order valence-corrected chi connectivity index (χ1v) is 9.15. The highest BCUT2D eigenvalue weighted by Crippen LogP contribution is 2.13. The Kier molecular flexibility index (Phi) is 7.39. The molecule has 2 aromatic carbocycles. The van der Waals surface area contributed by atoms with Crippen molar-refractivity contribution in [2.75, 3.05) is 0 Å². The fourth-order valence-corrected chi connectivity index (χ4v) is 2.81. The van der Waals surface area contributed by atoms with Gasteiger partial charge in [0, 0.05) is 19.0 Å². The summed E-state index contributed by atoms with van der Waals surface area (Å²) in [5.74, 6) is -0.131. The highest BCUT2D eigenvalue weighted by molar-refractivity contribution is 5.87. The third-order valence-corrected chi connectivity index (χ3v) is 4.26. The lowest BCUT2D eigenvalue weighted by molar-refractivity contribution is -0.140. The topological polar surface area (TPSA) is 49.4 Å². The molecule has 4 heteroatoms. The van der Waals surface area contributed by atoms with Crippen LogP contribution in [0.5, 0.6) is 0 Å². The second-order valence-corrected chi connectivity index (χ2v) is 6.83. The Morgan fingerprint density at radius 2 is 1.42 bits per heavy atom. The summed E-state index contributed by atoms with van der Waals surface area (Å²) in [5.41, 5.74) is 2.14. The van der Waals surface area contributed by atoms with Gasteiger partial charge in [0.1, 0.15) is 6.04 Å². The molecule has 0 heterocycles. The van der Waals surface area contributed by atoms with Crippen molar-refractivity contribution in [3.63, 3.8) is 0 Å². The van der Waals surface area contributed by atoms with Gasteiger partial charge in [0.05, 0.1) is 0 Å². The second-order valence-electron chi connectivity index (χ2n) is 6.83. The minimum absolute atomic E-state index is 0.0101. The van der Waals surface area contributed by atoms with E-state index >= 15 is 0 Å². The summed E-state index contributed by atoms with van der Waals surface area (Å²) in [4.78, 5) is 27.0. The molecule has 0 unspecified atom stereocenters. The predicted octanol–water partition coefficient (Wildman–Crippen LogP) is 3.56. The zero-order chi connectivity index (χ0) is 18.9. The van der Waals surface area contributed by atoms with Crippen molar-refractivity contribution in [3.8, 4) is 0 Å². The highest BCUT2D eigenvalue weighted by atomic mass is 16.2. The first kappa shape index (κ1) is 19.7. The first-order valence-electron chi connectivity index (χ1n) is 9.15. The molecule has 0 radical (unpaired) electrons. The third kappa shape index (κ3) is 6.03. The molecular formula is C22H28N2O2. The molecule has 26 heavy (non-hydrogen) atoms. The number of amides is 2.